The van der Waals surface area contributed by atoms with E-state index in [0.717, 1.165) is 35.7 Å². The molecule has 3 atom stereocenters. The van der Waals surface area contributed by atoms with Crippen molar-refractivity contribution in [2.45, 2.75) is 63.5 Å². The van der Waals surface area contributed by atoms with Gasteiger partial charge in [-0.1, -0.05) is 45.0 Å². The van der Waals surface area contributed by atoms with Crippen LogP contribution >= 0.6 is 0 Å². The second-order valence-electron chi connectivity index (χ2n) is 11.2. The lowest BCUT2D eigenvalue weighted by Crippen LogP contribution is -2.50. The number of hydrogen-bond acceptors (Lipinski definition) is 5. The Kier molecular flexibility index (Phi) is 9.93. The molecule has 38 heavy (non-hydrogen) atoms. The van der Waals surface area contributed by atoms with Crippen molar-refractivity contribution in [3.63, 3.8) is 0 Å². The average molecular weight is 527 g/mol. The molecular weight excluding hydrogens is 486 g/mol. The van der Waals surface area contributed by atoms with Crippen molar-refractivity contribution in [1.82, 2.24) is 20.8 Å². The maximum Gasteiger partial charge on any atom is 0.126 e. The smallest absolute Gasteiger partial charge is 0.126 e. The molecule has 0 amide bonds. The summed E-state index contributed by atoms with van der Waals surface area (Å²) >= 11 is 0. The van der Waals surface area contributed by atoms with Crippen LogP contribution in [0.1, 0.15) is 55.1 Å². The number of carbonyl (C=O) groups excluding carboxylic acids is 1. The molecule has 1 aliphatic rings. The fourth-order valence-corrected chi connectivity index (χ4v) is 4.97. The van der Waals surface area contributed by atoms with Gasteiger partial charge in [0.2, 0.25) is 0 Å². The second-order valence-corrected chi connectivity index (χ2v) is 11.2. The van der Waals surface area contributed by atoms with Crippen molar-refractivity contribution in [3.8, 4) is 0 Å². The summed E-state index contributed by atoms with van der Waals surface area (Å²) < 4.78 is 27.2. The minimum Gasteiger partial charge on any atom is -0.391 e. The van der Waals surface area contributed by atoms with Crippen LogP contribution in [0.4, 0.5) is 8.78 Å². The Balaban J connectivity index is 0.00000127. The van der Waals surface area contributed by atoms with Gasteiger partial charge in [-0.25, -0.2) is 8.78 Å². The molecule has 4 rings (SSSR count). The number of aliphatic hydroxyl groups excluding tert-OH is 1. The highest BCUT2D eigenvalue weighted by Crippen LogP contribution is 2.37. The predicted molar refractivity (Wildman–Crippen MR) is 146 cm³/mol. The Morgan fingerprint density at radius 1 is 1.16 bits per heavy atom. The van der Waals surface area contributed by atoms with Gasteiger partial charge >= 0.3 is 0 Å². The molecule has 3 unspecified atom stereocenters. The number of aldehydes is 1. The molecule has 1 aromatic heterocycles. The Morgan fingerprint density at radius 3 is 2.47 bits per heavy atom. The zero-order valence-corrected chi connectivity index (χ0v) is 22.9. The van der Waals surface area contributed by atoms with E-state index in [4.69, 9.17) is 0 Å². The average Bonchev–Trinajstić information content (AvgIpc) is 3.33. The SMILES string of the molecule is CC(C)(C)c1cccc(C2(NCC(O)C(C=O)Cc3cc(F)cc(F)c3)CCc3[nH]ncc3C2)c1.CNC. The Labute approximate surface area is 224 Å². The Bertz CT molecular complexity index is 1190. The van der Waals surface area contributed by atoms with Crippen molar-refractivity contribution in [1.29, 1.82) is 0 Å². The van der Waals surface area contributed by atoms with Crippen LogP contribution < -0.4 is 10.6 Å². The third-order valence-electron chi connectivity index (χ3n) is 7.10. The van der Waals surface area contributed by atoms with Gasteiger partial charge in [-0.15, -0.1) is 0 Å². The minimum absolute atomic E-state index is 0.0188. The topological polar surface area (TPSA) is 90.0 Å². The summed E-state index contributed by atoms with van der Waals surface area (Å²) in [5.74, 6) is -2.20. The van der Waals surface area contributed by atoms with E-state index >= 15 is 0 Å². The van der Waals surface area contributed by atoms with Crippen LogP contribution in [0.2, 0.25) is 0 Å². The van der Waals surface area contributed by atoms with Gasteiger partial charge in [-0.05, 0) is 79.6 Å². The number of rotatable bonds is 8. The van der Waals surface area contributed by atoms with Crippen LogP contribution in [0.3, 0.4) is 0 Å². The number of nitrogens with zero attached hydrogens (tertiary/aromatic N) is 1. The number of H-pyrrole nitrogens is 1. The Hall–Kier alpha value is -2.94. The van der Waals surface area contributed by atoms with E-state index in [1.54, 1.807) is 0 Å². The monoisotopic (exact) mass is 526 g/mol. The molecule has 0 saturated carbocycles. The maximum atomic E-state index is 13.6. The number of fused-ring (bicyclic) bond motifs is 1. The summed E-state index contributed by atoms with van der Waals surface area (Å²) in [6.45, 7) is 6.69. The molecule has 0 bridgehead atoms. The molecule has 4 N–H and O–H groups in total. The van der Waals surface area contributed by atoms with Crippen molar-refractivity contribution in [3.05, 3.63) is 88.2 Å². The van der Waals surface area contributed by atoms with E-state index in [-0.39, 0.29) is 18.4 Å². The van der Waals surface area contributed by atoms with Crippen LogP contribution in [0.15, 0.2) is 48.7 Å². The highest BCUT2D eigenvalue weighted by molar-refractivity contribution is 5.55. The first-order valence-electron chi connectivity index (χ1n) is 13.1. The molecule has 0 radical (unpaired) electrons. The summed E-state index contributed by atoms with van der Waals surface area (Å²) in [4.78, 5) is 11.8. The quantitative estimate of drug-likeness (QED) is 0.330. The normalized spacial score (nSPS) is 18.6. The highest BCUT2D eigenvalue weighted by Gasteiger charge is 2.38. The first kappa shape index (κ1) is 29.6. The summed E-state index contributed by atoms with van der Waals surface area (Å²) in [5.41, 5.74) is 4.46. The molecule has 0 aliphatic heterocycles. The molecule has 0 spiro atoms. The van der Waals surface area contributed by atoms with E-state index < -0.39 is 29.2 Å². The van der Waals surface area contributed by atoms with Gasteiger partial charge in [-0.3, -0.25) is 5.10 Å². The maximum absolute atomic E-state index is 13.6. The van der Waals surface area contributed by atoms with Crippen molar-refractivity contribution in [2.75, 3.05) is 20.6 Å². The number of aromatic nitrogens is 2. The summed E-state index contributed by atoms with van der Waals surface area (Å²) in [6, 6.07) is 11.7. The number of hydrogen-bond donors (Lipinski definition) is 4. The molecule has 2 aromatic carbocycles. The molecule has 1 aliphatic carbocycles. The summed E-state index contributed by atoms with van der Waals surface area (Å²) in [5, 5.41) is 24.6. The van der Waals surface area contributed by atoms with Crippen molar-refractivity contribution < 1.29 is 18.7 Å². The van der Waals surface area contributed by atoms with Gasteiger partial charge in [-0.2, -0.15) is 5.10 Å². The molecule has 206 valence electrons. The number of aromatic amines is 1. The van der Waals surface area contributed by atoms with Crippen molar-refractivity contribution in [2.24, 2.45) is 5.92 Å². The van der Waals surface area contributed by atoms with Crippen molar-refractivity contribution >= 4 is 6.29 Å². The van der Waals surface area contributed by atoms with Gasteiger partial charge in [0.1, 0.15) is 17.9 Å². The third-order valence-corrected chi connectivity index (χ3v) is 7.10. The number of benzene rings is 2. The van der Waals surface area contributed by atoms with E-state index in [9.17, 15) is 18.7 Å². The first-order chi connectivity index (χ1) is 18.0. The lowest BCUT2D eigenvalue weighted by atomic mass is 9.74. The Morgan fingerprint density at radius 2 is 1.84 bits per heavy atom. The zero-order valence-electron chi connectivity index (χ0n) is 22.9. The molecule has 1 heterocycles. The molecule has 0 fully saturated rings. The molecule has 6 nitrogen and oxygen atoms in total. The van der Waals surface area contributed by atoms with Gasteiger partial charge in [0, 0.05) is 29.8 Å². The summed E-state index contributed by atoms with van der Waals surface area (Å²) in [6.07, 6.45) is 3.84. The number of carbonyl (C=O) groups is 1. The molecule has 3 aromatic rings. The summed E-state index contributed by atoms with van der Waals surface area (Å²) in [7, 11) is 3.75. The van der Waals surface area contributed by atoms with Gasteiger partial charge in [0.25, 0.3) is 0 Å². The van der Waals surface area contributed by atoms with Crippen LogP contribution in [0, 0.1) is 17.6 Å². The van der Waals surface area contributed by atoms with E-state index in [2.05, 4.69) is 65.9 Å². The van der Waals surface area contributed by atoms with Gasteiger partial charge < -0.3 is 20.5 Å². The molecule has 0 saturated heterocycles. The van der Waals surface area contributed by atoms with Gasteiger partial charge in [0.05, 0.1) is 12.3 Å². The minimum atomic E-state index is -1.02. The fourth-order valence-electron chi connectivity index (χ4n) is 4.97. The number of aryl methyl sites for hydroxylation is 1. The number of aliphatic hydroxyl groups is 1. The number of nitrogens with one attached hydrogen (secondary N) is 3. The highest BCUT2D eigenvalue weighted by atomic mass is 19.1. The van der Waals surface area contributed by atoms with E-state index in [1.165, 1.54) is 17.7 Å². The van der Waals surface area contributed by atoms with Crippen LogP contribution in [0.25, 0.3) is 0 Å². The third kappa shape index (κ3) is 7.34. The lowest BCUT2D eigenvalue weighted by molar-refractivity contribution is -0.114. The zero-order chi connectivity index (χ0) is 27.9. The van der Waals surface area contributed by atoms with Crippen LogP contribution in [0.5, 0.6) is 0 Å². The molecular formula is C30H40F2N4O2. The largest absolute Gasteiger partial charge is 0.391 e. The standard InChI is InChI=1S/C28H33F2N3O2.C2H7N/c1-27(2,3)21-5-4-6-22(12-21)28(8-7-25-20(14-28)15-32-33-25)31-16-26(35)19(17-34)9-18-10-23(29)13-24(30)11-18;1-3-2/h4-6,10-13,15,17,19,26,31,35H,7-9,14,16H2,1-3H3,(H,32,33);3H,1-2H3. The predicted octanol–water partition coefficient (Wildman–Crippen LogP) is 4.21. The second kappa shape index (κ2) is 12.7. The lowest BCUT2D eigenvalue weighted by Gasteiger charge is -2.40. The van der Waals surface area contributed by atoms with E-state index in [0.29, 0.717) is 18.3 Å². The van der Waals surface area contributed by atoms with Crippen LogP contribution in [-0.4, -0.2) is 48.3 Å². The fraction of sp³-hybridized carbons (Fsp3) is 0.467. The first-order valence-corrected chi connectivity index (χ1v) is 13.1. The van der Waals surface area contributed by atoms with Crippen LogP contribution in [-0.2, 0) is 35.0 Å². The molecule has 8 heteroatoms. The van der Waals surface area contributed by atoms with E-state index in [1.807, 2.05) is 20.3 Å². The van der Waals surface area contributed by atoms with Gasteiger partial charge in [0.15, 0.2) is 0 Å². The number of halogens is 2.